The smallest absolute Gasteiger partial charge is 0.367 e. The van der Waals surface area contributed by atoms with E-state index in [1.54, 1.807) is 13.0 Å². The van der Waals surface area contributed by atoms with Crippen LogP contribution in [0, 0.1) is 18.8 Å². The Labute approximate surface area is 163 Å². The molecule has 1 amide bonds. The summed E-state index contributed by atoms with van der Waals surface area (Å²) in [5, 5.41) is 7.33. The van der Waals surface area contributed by atoms with Crippen molar-refractivity contribution in [1.82, 2.24) is 14.7 Å². The molecule has 2 aliphatic heterocycles. The Bertz CT molecular complexity index is 703. The minimum atomic E-state index is -4.31. The van der Waals surface area contributed by atoms with Gasteiger partial charge in [0.1, 0.15) is 5.82 Å². The molecule has 1 saturated carbocycles. The highest BCUT2D eigenvalue weighted by Gasteiger charge is 2.47. The average molecular weight is 398 g/mol. The number of anilines is 1. The van der Waals surface area contributed by atoms with Crippen molar-refractivity contribution in [3.05, 3.63) is 11.8 Å². The molecule has 0 aromatic carbocycles. The fraction of sp³-hybridized carbons (Fsp3) is 0.800. The SMILES string of the molecule is Cc1cc2n(n1)[C@@H](C(F)(F)F)C[C@@H](C1CCN(C(=O)CC3CCCC3)CC1)N2. The topological polar surface area (TPSA) is 50.2 Å². The molecule has 156 valence electrons. The molecule has 0 unspecified atom stereocenters. The van der Waals surface area contributed by atoms with E-state index in [4.69, 9.17) is 0 Å². The molecule has 4 rings (SSSR count). The number of piperidine rings is 1. The molecule has 2 fully saturated rings. The molecular formula is C20H29F3N4O. The van der Waals surface area contributed by atoms with Crippen molar-refractivity contribution in [3.63, 3.8) is 0 Å². The zero-order valence-electron chi connectivity index (χ0n) is 16.3. The third-order valence-electron chi connectivity index (χ3n) is 6.74. The lowest BCUT2D eigenvalue weighted by Crippen LogP contribution is -2.47. The van der Waals surface area contributed by atoms with E-state index in [1.807, 2.05) is 4.90 Å². The fourth-order valence-corrected chi connectivity index (χ4v) is 5.18. The number of fused-ring (bicyclic) bond motifs is 1. The molecule has 2 atom stereocenters. The predicted molar refractivity (Wildman–Crippen MR) is 100.0 cm³/mol. The Kier molecular flexibility index (Phi) is 5.31. The van der Waals surface area contributed by atoms with Crippen molar-refractivity contribution in [2.24, 2.45) is 11.8 Å². The van der Waals surface area contributed by atoms with Gasteiger partial charge in [-0.05, 0) is 50.9 Å². The minimum absolute atomic E-state index is 0.00168. The Balaban J connectivity index is 1.37. The molecule has 3 aliphatic rings. The summed E-state index contributed by atoms with van der Waals surface area (Å²) in [5.74, 6) is 1.35. The number of carbonyl (C=O) groups is 1. The highest BCUT2D eigenvalue weighted by molar-refractivity contribution is 5.76. The fourth-order valence-electron chi connectivity index (χ4n) is 5.18. The van der Waals surface area contributed by atoms with Crippen LogP contribution in [-0.4, -0.2) is 45.9 Å². The maximum Gasteiger partial charge on any atom is 0.410 e. The van der Waals surface area contributed by atoms with Gasteiger partial charge in [0.2, 0.25) is 5.91 Å². The van der Waals surface area contributed by atoms with Crippen LogP contribution in [0.3, 0.4) is 0 Å². The van der Waals surface area contributed by atoms with E-state index in [1.165, 1.54) is 12.8 Å². The van der Waals surface area contributed by atoms with E-state index in [-0.39, 0.29) is 24.3 Å². The Morgan fingerprint density at radius 1 is 1.21 bits per heavy atom. The number of aromatic nitrogens is 2. The van der Waals surface area contributed by atoms with Crippen molar-refractivity contribution in [2.75, 3.05) is 18.4 Å². The summed E-state index contributed by atoms with van der Waals surface area (Å²) in [4.78, 5) is 14.5. The standard InChI is InChI=1S/C20H29F3N4O/c1-13-10-18-24-16(12-17(20(21,22)23)27(18)25-13)15-6-8-26(9-7-15)19(28)11-14-4-2-3-5-14/h10,14-17,24H,2-9,11-12H2,1H3/t16-,17+/m0/s1. The summed E-state index contributed by atoms with van der Waals surface area (Å²) >= 11 is 0. The summed E-state index contributed by atoms with van der Waals surface area (Å²) in [7, 11) is 0. The minimum Gasteiger partial charge on any atom is -0.367 e. The zero-order valence-corrected chi connectivity index (χ0v) is 16.3. The van der Waals surface area contributed by atoms with Crippen molar-refractivity contribution in [2.45, 2.75) is 76.6 Å². The van der Waals surface area contributed by atoms with E-state index in [9.17, 15) is 18.0 Å². The Morgan fingerprint density at radius 2 is 1.89 bits per heavy atom. The van der Waals surface area contributed by atoms with Crippen LogP contribution in [-0.2, 0) is 4.79 Å². The van der Waals surface area contributed by atoms with Gasteiger partial charge in [-0.2, -0.15) is 18.3 Å². The number of amides is 1. The Hall–Kier alpha value is -1.73. The van der Waals surface area contributed by atoms with Gasteiger partial charge >= 0.3 is 6.18 Å². The largest absolute Gasteiger partial charge is 0.410 e. The predicted octanol–water partition coefficient (Wildman–Crippen LogP) is 4.30. The average Bonchev–Trinajstić information content (AvgIpc) is 3.28. The molecule has 1 aromatic rings. The van der Waals surface area contributed by atoms with E-state index in [0.717, 1.165) is 30.4 Å². The van der Waals surface area contributed by atoms with Gasteiger partial charge in [-0.1, -0.05) is 12.8 Å². The van der Waals surface area contributed by atoms with Crippen LogP contribution in [0.4, 0.5) is 19.0 Å². The van der Waals surface area contributed by atoms with Gasteiger partial charge < -0.3 is 10.2 Å². The number of nitrogens with one attached hydrogen (secondary N) is 1. The molecule has 0 bridgehead atoms. The van der Waals surface area contributed by atoms with Crippen LogP contribution in [0.5, 0.6) is 0 Å². The molecule has 1 aromatic heterocycles. The molecule has 0 spiro atoms. The van der Waals surface area contributed by atoms with Gasteiger partial charge in [0.25, 0.3) is 0 Å². The number of rotatable bonds is 3. The number of hydrogen-bond donors (Lipinski definition) is 1. The number of aryl methyl sites for hydroxylation is 1. The summed E-state index contributed by atoms with van der Waals surface area (Å²) < 4.78 is 41.9. The number of carbonyl (C=O) groups excluding carboxylic acids is 1. The lowest BCUT2D eigenvalue weighted by Gasteiger charge is -2.41. The first-order valence-electron chi connectivity index (χ1n) is 10.5. The second-order valence-electron chi connectivity index (χ2n) is 8.73. The molecule has 5 nitrogen and oxygen atoms in total. The molecule has 1 aliphatic carbocycles. The van der Waals surface area contributed by atoms with Gasteiger partial charge in [0, 0.05) is 31.6 Å². The van der Waals surface area contributed by atoms with Gasteiger partial charge in [-0.3, -0.25) is 4.79 Å². The van der Waals surface area contributed by atoms with Crippen molar-refractivity contribution in [3.8, 4) is 0 Å². The molecule has 1 saturated heterocycles. The first kappa shape index (κ1) is 19.6. The van der Waals surface area contributed by atoms with E-state index in [0.29, 0.717) is 36.9 Å². The summed E-state index contributed by atoms with van der Waals surface area (Å²) in [6.45, 7) is 3.02. The number of alkyl halides is 3. The molecule has 8 heteroatoms. The van der Waals surface area contributed by atoms with Gasteiger partial charge in [-0.25, -0.2) is 4.68 Å². The highest BCUT2D eigenvalue weighted by Crippen LogP contribution is 2.42. The third kappa shape index (κ3) is 4.01. The summed E-state index contributed by atoms with van der Waals surface area (Å²) in [6, 6.07) is -0.127. The number of halogens is 3. The zero-order chi connectivity index (χ0) is 19.9. The maximum atomic E-state index is 13.6. The van der Waals surface area contributed by atoms with Crippen molar-refractivity contribution >= 4 is 11.7 Å². The van der Waals surface area contributed by atoms with Crippen LogP contribution in [0.1, 0.15) is 63.1 Å². The van der Waals surface area contributed by atoms with Crippen molar-refractivity contribution < 1.29 is 18.0 Å². The van der Waals surface area contributed by atoms with Crippen LogP contribution >= 0.6 is 0 Å². The normalized spacial score (nSPS) is 26.9. The number of nitrogens with zero attached hydrogens (tertiary/aromatic N) is 3. The monoisotopic (exact) mass is 398 g/mol. The van der Waals surface area contributed by atoms with E-state index < -0.39 is 12.2 Å². The van der Waals surface area contributed by atoms with Crippen LogP contribution in [0.15, 0.2) is 6.07 Å². The molecular weight excluding hydrogens is 369 g/mol. The molecule has 3 heterocycles. The van der Waals surface area contributed by atoms with Crippen LogP contribution in [0.25, 0.3) is 0 Å². The van der Waals surface area contributed by atoms with Crippen molar-refractivity contribution in [1.29, 1.82) is 0 Å². The molecule has 28 heavy (non-hydrogen) atoms. The summed E-state index contributed by atoms with van der Waals surface area (Å²) in [5.41, 5.74) is 0.588. The molecule has 1 N–H and O–H groups in total. The third-order valence-corrected chi connectivity index (χ3v) is 6.74. The second-order valence-corrected chi connectivity index (χ2v) is 8.73. The first-order valence-corrected chi connectivity index (χ1v) is 10.5. The number of hydrogen-bond acceptors (Lipinski definition) is 3. The van der Waals surface area contributed by atoms with Gasteiger partial charge in [0.05, 0.1) is 5.69 Å². The van der Waals surface area contributed by atoms with Gasteiger partial charge in [0.15, 0.2) is 6.04 Å². The first-order chi connectivity index (χ1) is 13.3. The highest BCUT2D eigenvalue weighted by atomic mass is 19.4. The lowest BCUT2D eigenvalue weighted by molar-refractivity contribution is -0.174. The maximum absolute atomic E-state index is 13.6. The Morgan fingerprint density at radius 3 is 2.54 bits per heavy atom. The summed E-state index contributed by atoms with van der Waals surface area (Å²) in [6.07, 6.45) is 2.59. The van der Waals surface area contributed by atoms with Crippen LogP contribution in [0.2, 0.25) is 0 Å². The second kappa shape index (κ2) is 7.59. The van der Waals surface area contributed by atoms with E-state index in [2.05, 4.69) is 10.4 Å². The molecule has 0 radical (unpaired) electrons. The number of likely N-dealkylation sites (tertiary alicyclic amines) is 1. The quantitative estimate of drug-likeness (QED) is 0.826. The van der Waals surface area contributed by atoms with Gasteiger partial charge in [-0.15, -0.1) is 0 Å². The van der Waals surface area contributed by atoms with Crippen LogP contribution < -0.4 is 5.32 Å². The van der Waals surface area contributed by atoms with E-state index >= 15 is 0 Å². The lowest BCUT2D eigenvalue weighted by atomic mass is 9.84.